The summed E-state index contributed by atoms with van der Waals surface area (Å²) in [6.07, 6.45) is 3.75. The van der Waals surface area contributed by atoms with Crippen molar-refractivity contribution < 1.29 is 9.53 Å². The van der Waals surface area contributed by atoms with Crippen molar-refractivity contribution in [3.05, 3.63) is 29.3 Å². The summed E-state index contributed by atoms with van der Waals surface area (Å²) in [7, 11) is 0. The van der Waals surface area contributed by atoms with Crippen LogP contribution in [0.4, 0.5) is 0 Å². The number of carbonyl (C=O) groups excluding carboxylic acids is 1. The van der Waals surface area contributed by atoms with Crippen LogP contribution in [-0.4, -0.2) is 35.4 Å². The van der Waals surface area contributed by atoms with E-state index in [9.17, 15) is 4.79 Å². The van der Waals surface area contributed by atoms with Gasteiger partial charge >= 0.3 is 0 Å². The van der Waals surface area contributed by atoms with Crippen LogP contribution in [0, 0.1) is 0 Å². The van der Waals surface area contributed by atoms with Gasteiger partial charge in [-0.1, -0.05) is 30.5 Å². The van der Waals surface area contributed by atoms with E-state index in [1.807, 2.05) is 11.0 Å². The highest BCUT2D eigenvalue weighted by Gasteiger charge is 2.29. The van der Waals surface area contributed by atoms with Crippen LogP contribution in [0.2, 0.25) is 5.02 Å². The van der Waals surface area contributed by atoms with Gasteiger partial charge in [0, 0.05) is 23.5 Å². The molecule has 21 heavy (non-hydrogen) atoms. The van der Waals surface area contributed by atoms with Crippen LogP contribution in [0.5, 0.6) is 5.75 Å². The average molecular weight is 330 g/mol. The summed E-state index contributed by atoms with van der Waals surface area (Å²) >= 11 is 12.0. The van der Waals surface area contributed by atoms with E-state index in [-0.39, 0.29) is 11.9 Å². The van der Waals surface area contributed by atoms with E-state index in [0.29, 0.717) is 16.7 Å². The maximum Gasteiger partial charge on any atom is 0.263 e. The Morgan fingerprint density at radius 3 is 2.95 bits per heavy atom. The minimum absolute atomic E-state index is 0.00234. The SMILES string of the molecule is CC(Oc1cccc(Cl)c1)C(=O)N1CCCCCC1CCl. The first-order valence-electron chi connectivity index (χ1n) is 7.40. The van der Waals surface area contributed by atoms with Gasteiger partial charge in [0.25, 0.3) is 5.91 Å². The second-order valence-electron chi connectivity index (χ2n) is 5.41. The van der Waals surface area contributed by atoms with Gasteiger partial charge in [0.05, 0.1) is 0 Å². The molecule has 116 valence electrons. The number of hydrogen-bond donors (Lipinski definition) is 0. The monoisotopic (exact) mass is 329 g/mol. The average Bonchev–Trinajstić information content (AvgIpc) is 2.71. The molecule has 1 saturated heterocycles. The number of halogens is 2. The Bertz CT molecular complexity index is 481. The van der Waals surface area contributed by atoms with E-state index in [1.165, 1.54) is 0 Å². The summed E-state index contributed by atoms with van der Waals surface area (Å²) in [5.41, 5.74) is 0. The minimum atomic E-state index is -0.535. The molecule has 2 rings (SSSR count). The number of rotatable bonds is 4. The smallest absolute Gasteiger partial charge is 0.263 e. The number of likely N-dealkylation sites (tertiary alicyclic amines) is 1. The van der Waals surface area contributed by atoms with Crippen molar-refractivity contribution in [3.63, 3.8) is 0 Å². The molecular formula is C16H21Cl2NO2. The van der Waals surface area contributed by atoms with E-state index < -0.39 is 6.10 Å². The van der Waals surface area contributed by atoms with Gasteiger partial charge in [-0.05, 0) is 38.0 Å². The van der Waals surface area contributed by atoms with Gasteiger partial charge in [-0.25, -0.2) is 0 Å². The predicted molar refractivity (Wildman–Crippen MR) is 86.2 cm³/mol. The summed E-state index contributed by atoms with van der Waals surface area (Å²) in [4.78, 5) is 14.5. The number of alkyl halides is 1. The van der Waals surface area contributed by atoms with E-state index in [1.54, 1.807) is 25.1 Å². The summed E-state index contributed by atoms with van der Waals surface area (Å²) in [6.45, 7) is 2.54. The van der Waals surface area contributed by atoms with E-state index in [4.69, 9.17) is 27.9 Å². The molecule has 1 fully saturated rings. The quantitative estimate of drug-likeness (QED) is 0.777. The highest BCUT2D eigenvalue weighted by atomic mass is 35.5. The van der Waals surface area contributed by atoms with Crippen molar-refractivity contribution >= 4 is 29.1 Å². The van der Waals surface area contributed by atoms with Crippen LogP contribution in [0.3, 0.4) is 0 Å². The molecule has 1 aliphatic heterocycles. The highest BCUT2D eigenvalue weighted by Crippen LogP contribution is 2.22. The topological polar surface area (TPSA) is 29.5 Å². The van der Waals surface area contributed by atoms with Gasteiger partial charge in [0.15, 0.2) is 6.10 Å². The first-order chi connectivity index (χ1) is 10.1. The number of ether oxygens (including phenoxy) is 1. The maximum atomic E-state index is 12.6. The first-order valence-corrected chi connectivity index (χ1v) is 8.31. The van der Waals surface area contributed by atoms with Crippen molar-refractivity contribution in [2.75, 3.05) is 12.4 Å². The van der Waals surface area contributed by atoms with Gasteiger partial charge in [0.2, 0.25) is 0 Å². The second kappa shape index (κ2) is 7.90. The van der Waals surface area contributed by atoms with Crippen LogP contribution in [0.25, 0.3) is 0 Å². The largest absolute Gasteiger partial charge is 0.481 e. The van der Waals surface area contributed by atoms with Gasteiger partial charge < -0.3 is 9.64 Å². The van der Waals surface area contributed by atoms with Crippen molar-refractivity contribution in [1.82, 2.24) is 4.90 Å². The molecule has 1 aromatic carbocycles. The molecule has 0 aromatic heterocycles. The van der Waals surface area contributed by atoms with Gasteiger partial charge in [0.1, 0.15) is 5.75 Å². The number of benzene rings is 1. The normalized spacial score (nSPS) is 20.7. The fraction of sp³-hybridized carbons (Fsp3) is 0.562. The molecule has 1 heterocycles. The fourth-order valence-electron chi connectivity index (χ4n) is 2.66. The van der Waals surface area contributed by atoms with Crippen LogP contribution in [0.1, 0.15) is 32.6 Å². The molecule has 1 aromatic rings. The molecule has 5 heteroatoms. The van der Waals surface area contributed by atoms with Crippen LogP contribution in [0.15, 0.2) is 24.3 Å². The Morgan fingerprint density at radius 2 is 2.24 bits per heavy atom. The zero-order valence-electron chi connectivity index (χ0n) is 12.2. The van der Waals surface area contributed by atoms with Gasteiger partial charge in [-0.2, -0.15) is 0 Å². The summed E-state index contributed by atoms with van der Waals surface area (Å²) in [5.74, 6) is 1.10. The zero-order valence-corrected chi connectivity index (χ0v) is 13.7. The molecule has 0 spiro atoms. The van der Waals surface area contributed by atoms with Crippen molar-refractivity contribution in [2.24, 2.45) is 0 Å². The second-order valence-corrected chi connectivity index (χ2v) is 6.15. The lowest BCUT2D eigenvalue weighted by molar-refractivity contribution is -0.139. The maximum absolute atomic E-state index is 12.6. The minimum Gasteiger partial charge on any atom is -0.481 e. The third-order valence-corrected chi connectivity index (χ3v) is 4.39. The Morgan fingerprint density at radius 1 is 1.43 bits per heavy atom. The number of carbonyl (C=O) groups is 1. The fourth-order valence-corrected chi connectivity index (χ4v) is 3.16. The third-order valence-electron chi connectivity index (χ3n) is 3.80. The number of hydrogen-bond acceptors (Lipinski definition) is 2. The van der Waals surface area contributed by atoms with E-state index in [2.05, 4.69) is 0 Å². The molecule has 0 N–H and O–H groups in total. The molecule has 3 nitrogen and oxygen atoms in total. The van der Waals surface area contributed by atoms with Crippen molar-refractivity contribution in [2.45, 2.75) is 44.8 Å². The van der Waals surface area contributed by atoms with Crippen LogP contribution in [-0.2, 0) is 4.79 Å². The molecule has 0 saturated carbocycles. The van der Waals surface area contributed by atoms with E-state index >= 15 is 0 Å². The molecule has 0 bridgehead atoms. The molecular weight excluding hydrogens is 309 g/mol. The molecule has 1 aliphatic rings. The Hall–Kier alpha value is -0.930. The van der Waals surface area contributed by atoms with E-state index in [0.717, 1.165) is 32.2 Å². The molecule has 1 amide bonds. The third kappa shape index (κ3) is 4.52. The lowest BCUT2D eigenvalue weighted by Gasteiger charge is -2.31. The Balaban J connectivity index is 2.03. The number of amides is 1. The van der Waals surface area contributed by atoms with Crippen molar-refractivity contribution in [1.29, 1.82) is 0 Å². The van der Waals surface area contributed by atoms with Crippen molar-refractivity contribution in [3.8, 4) is 5.75 Å². The summed E-state index contributed by atoms with van der Waals surface area (Å²) in [6, 6.07) is 7.22. The predicted octanol–water partition coefficient (Wildman–Crippen LogP) is 4.12. The summed E-state index contributed by atoms with van der Waals surface area (Å²) in [5, 5.41) is 0.598. The summed E-state index contributed by atoms with van der Waals surface area (Å²) < 4.78 is 5.73. The first kappa shape index (κ1) is 16.4. The molecule has 0 radical (unpaired) electrons. The standard InChI is InChI=1S/C16H21Cl2NO2/c1-12(21-15-8-5-6-13(18)10-15)16(20)19-9-4-2-3-7-14(19)11-17/h5-6,8,10,12,14H,2-4,7,9,11H2,1H3. The van der Waals surface area contributed by atoms with Crippen LogP contribution >= 0.6 is 23.2 Å². The highest BCUT2D eigenvalue weighted by molar-refractivity contribution is 6.30. The molecule has 0 aliphatic carbocycles. The van der Waals surface area contributed by atoms with Gasteiger partial charge in [-0.3, -0.25) is 4.79 Å². The number of nitrogens with zero attached hydrogens (tertiary/aromatic N) is 1. The van der Waals surface area contributed by atoms with Crippen LogP contribution < -0.4 is 4.74 Å². The lowest BCUT2D eigenvalue weighted by atomic mass is 10.1. The lowest BCUT2D eigenvalue weighted by Crippen LogP contribution is -2.47. The Kier molecular flexibility index (Phi) is 6.19. The molecule has 2 unspecified atom stereocenters. The molecule has 2 atom stereocenters. The Labute approximate surface area is 136 Å². The van der Waals surface area contributed by atoms with Gasteiger partial charge in [-0.15, -0.1) is 11.6 Å². The zero-order chi connectivity index (χ0) is 15.2.